The minimum Gasteiger partial charge on any atom is -0.369 e. The normalized spacial score (nSPS) is 23.4. The molecule has 0 amide bonds. The number of hydrogen-bond donors (Lipinski definition) is 2. The van der Waals surface area contributed by atoms with Gasteiger partial charge in [-0.05, 0) is 30.2 Å². The van der Waals surface area contributed by atoms with Crippen LogP contribution in [0, 0.1) is 0 Å². The van der Waals surface area contributed by atoms with Gasteiger partial charge < -0.3 is 10.1 Å². The van der Waals surface area contributed by atoms with Crippen LogP contribution in [0.2, 0.25) is 5.02 Å². The van der Waals surface area contributed by atoms with E-state index in [9.17, 15) is 0 Å². The fraction of sp³-hybridized carbons (Fsp3) is 0.357. The lowest BCUT2D eigenvalue weighted by molar-refractivity contribution is 0.000683. The number of benzene rings is 1. The zero-order chi connectivity index (χ0) is 13.1. The molecule has 0 saturated carbocycles. The van der Waals surface area contributed by atoms with Gasteiger partial charge in [-0.1, -0.05) is 23.7 Å². The number of aromatic amines is 1. The largest absolute Gasteiger partial charge is 0.369 e. The fourth-order valence-corrected chi connectivity index (χ4v) is 2.43. The summed E-state index contributed by atoms with van der Waals surface area (Å²) in [6, 6.07) is 10.3. The Bertz CT molecular complexity index is 504. The lowest BCUT2D eigenvalue weighted by atomic mass is 10.0. The van der Waals surface area contributed by atoms with Gasteiger partial charge in [0.2, 0.25) is 0 Å². The molecule has 5 heteroatoms. The molecule has 4 nitrogen and oxygen atoms in total. The van der Waals surface area contributed by atoms with Gasteiger partial charge in [-0.3, -0.25) is 5.10 Å². The number of nitrogens with one attached hydrogen (secondary N) is 2. The Kier molecular flexibility index (Phi) is 3.82. The number of halogens is 1. The number of nitrogens with zero attached hydrogens (tertiary/aromatic N) is 1. The van der Waals surface area contributed by atoms with Gasteiger partial charge in [-0.2, -0.15) is 5.10 Å². The van der Waals surface area contributed by atoms with Gasteiger partial charge in [-0.25, -0.2) is 0 Å². The van der Waals surface area contributed by atoms with Gasteiger partial charge in [0.05, 0.1) is 12.3 Å². The van der Waals surface area contributed by atoms with Crippen LogP contribution < -0.4 is 5.32 Å². The molecule has 1 saturated heterocycles. The molecule has 19 heavy (non-hydrogen) atoms. The van der Waals surface area contributed by atoms with E-state index in [1.165, 1.54) is 5.56 Å². The Morgan fingerprint density at radius 3 is 2.74 bits per heavy atom. The van der Waals surface area contributed by atoms with E-state index in [0.717, 1.165) is 23.7 Å². The lowest BCUT2D eigenvalue weighted by Gasteiger charge is -2.29. The molecule has 100 valence electrons. The Morgan fingerprint density at radius 1 is 1.26 bits per heavy atom. The molecule has 0 aliphatic carbocycles. The Morgan fingerprint density at radius 2 is 2.11 bits per heavy atom. The van der Waals surface area contributed by atoms with Crippen LogP contribution in [-0.4, -0.2) is 29.4 Å². The van der Waals surface area contributed by atoms with Crippen molar-refractivity contribution in [3.05, 3.63) is 52.8 Å². The van der Waals surface area contributed by atoms with E-state index in [1.807, 2.05) is 18.2 Å². The molecule has 2 N–H and O–H groups in total. The van der Waals surface area contributed by atoms with Crippen LogP contribution in [0.25, 0.3) is 0 Å². The van der Waals surface area contributed by atoms with Crippen molar-refractivity contribution in [1.29, 1.82) is 0 Å². The van der Waals surface area contributed by atoms with E-state index >= 15 is 0 Å². The molecular formula is C14H16ClN3O. The average Bonchev–Trinajstić information content (AvgIpc) is 2.96. The highest BCUT2D eigenvalue weighted by Gasteiger charge is 2.23. The van der Waals surface area contributed by atoms with Crippen molar-refractivity contribution in [3.63, 3.8) is 0 Å². The number of ether oxygens (including phenoxy) is 1. The number of morpholine rings is 1. The molecule has 1 fully saturated rings. The van der Waals surface area contributed by atoms with E-state index in [0.29, 0.717) is 12.6 Å². The number of rotatable bonds is 3. The molecule has 0 radical (unpaired) electrons. The van der Waals surface area contributed by atoms with Crippen molar-refractivity contribution >= 4 is 11.6 Å². The molecule has 1 aliphatic heterocycles. The molecule has 2 heterocycles. The Labute approximate surface area is 117 Å². The summed E-state index contributed by atoms with van der Waals surface area (Å²) >= 11 is 5.88. The second kappa shape index (κ2) is 5.74. The van der Waals surface area contributed by atoms with Crippen molar-refractivity contribution < 1.29 is 4.74 Å². The van der Waals surface area contributed by atoms with E-state index in [-0.39, 0.29) is 6.10 Å². The monoisotopic (exact) mass is 277 g/mol. The van der Waals surface area contributed by atoms with Gasteiger partial charge in [0.25, 0.3) is 0 Å². The van der Waals surface area contributed by atoms with Crippen molar-refractivity contribution in [3.8, 4) is 0 Å². The first-order chi connectivity index (χ1) is 9.31. The van der Waals surface area contributed by atoms with Gasteiger partial charge in [0, 0.05) is 23.8 Å². The van der Waals surface area contributed by atoms with Gasteiger partial charge in [0.15, 0.2) is 0 Å². The summed E-state index contributed by atoms with van der Waals surface area (Å²) in [5, 5.41) is 11.2. The van der Waals surface area contributed by atoms with Crippen LogP contribution in [0.4, 0.5) is 0 Å². The van der Waals surface area contributed by atoms with E-state index in [2.05, 4.69) is 27.6 Å². The van der Waals surface area contributed by atoms with Gasteiger partial charge in [-0.15, -0.1) is 0 Å². The first kappa shape index (κ1) is 12.7. The second-order valence-corrected chi connectivity index (χ2v) is 5.21. The first-order valence-corrected chi connectivity index (χ1v) is 6.78. The van der Waals surface area contributed by atoms with Crippen molar-refractivity contribution in [2.75, 3.05) is 13.2 Å². The highest BCUT2D eigenvalue weighted by atomic mass is 35.5. The third-order valence-corrected chi connectivity index (χ3v) is 3.61. The van der Waals surface area contributed by atoms with Crippen LogP contribution in [0.1, 0.15) is 17.4 Å². The molecule has 1 aromatic heterocycles. The third-order valence-electron chi connectivity index (χ3n) is 3.36. The molecule has 0 bridgehead atoms. The molecule has 2 aromatic rings. The third kappa shape index (κ3) is 3.15. The molecular weight excluding hydrogens is 262 g/mol. The number of H-pyrrole nitrogens is 1. The molecule has 1 aliphatic rings. The highest BCUT2D eigenvalue weighted by molar-refractivity contribution is 6.30. The topological polar surface area (TPSA) is 49.9 Å². The predicted molar refractivity (Wildman–Crippen MR) is 74.2 cm³/mol. The number of hydrogen-bond acceptors (Lipinski definition) is 3. The van der Waals surface area contributed by atoms with Crippen molar-refractivity contribution in [1.82, 2.24) is 15.5 Å². The maximum atomic E-state index is 5.88. The molecule has 0 unspecified atom stereocenters. The van der Waals surface area contributed by atoms with Crippen LogP contribution in [0.3, 0.4) is 0 Å². The van der Waals surface area contributed by atoms with E-state index < -0.39 is 0 Å². The van der Waals surface area contributed by atoms with Crippen LogP contribution in [0.5, 0.6) is 0 Å². The second-order valence-electron chi connectivity index (χ2n) is 4.77. The predicted octanol–water partition coefficient (Wildman–Crippen LogP) is 2.34. The summed E-state index contributed by atoms with van der Waals surface area (Å²) in [6.45, 7) is 1.51. The summed E-state index contributed by atoms with van der Waals surface area (Å²) in [5.41, 5.74) is 2.29. The zero-order valence-electron chi connectivity index (χ0n) is 10.5. The number of aromatic nitrogens is 2. The smallest absolute Gasteiger partial charge is 0.111 e. The van der Waals surface area contributed by atoms with E-state index in [4.69, 9.17) is 16.3 Å². The summed E-state index contributed by atoms with van der Waals surface area (Å²) in [6.07, 6.45) is 2.77. The molecule has 3 rings (SSSR count). The SMILES string of the molecule is Clc1ccc(C[C@H]2CO[C@@H](c3ccn[nH]3)CN2)cc1. The van der Waals surface area contributed by atoms with Crippen molar-refractivity contribution in [2.45, 2.75) is 18.6 Å². The highest BCUT2D eigenvalue weighted by Crippen LogP contribution is 2.19. The lowest BCUT2D eigenvalue weighted by Crippen LogP contribution is -2.44. The standard InChI is InChI=1S/C14H16ClN3O/c15-11-3-1-10(2-4-11)7-12-9-19-14(8-16-12)13-5-6-17-18-13/h1-6,12,14,16H,7-9H2,(H,17,18)/t12-,14+/m0/s1. The van der Waals surface area contributed by atoms with E-state index in [1.54, 1.807) is 6.20 Å². The Balaban J connectivity index is 1.54. The maximum Gasteiger partial charge on any atom is 0.111 e. The maximum absolute atomic E-state index is 5.88. The summed E-state index contributed by atoms with van der Waals surface area (Å²) in [7, 11) is 0. The minimum absolute atomic E-state index is 0.0731. The first-order valence-electron chi connectivity index (χ1n) is 6.40. The summed E-state index contributed by atoms with van der Waals surface area (Å²) in [4.78, 5) is 0. The quantitative estimate of drug-likeness (QED) is 0.905. The average molecular weight is 278 g/mol. The van der Waals surface area contributed by atoms with Gasteiger partial charge in [0.1, 0.15) is 6.10 Å². The van der Waals surface area contributed by atoms with Crippen molar-refractivity contribution in [2.24, 2.45) is 0 Å². The molecule has 0 spiro atoms. The summed E-state index contributed by atoms with van der Waals surface area (Å²) in [5.74, 6) is 0. The van der Waals surface area contributed by atoms with Crippen LogP contribution in [-0.2, 0) is 11.2 Å². The van der Waals surface area contributed by atoms with Crippen LogP contribution in [0.15, 0.2) is 36.5 Å². The minimum atomic E-state index is 0.0731. The molecule has 1 aromatic carbocycles. The molecule has 2 atom stereocenters. The van der Waals surface area contributed by atoms with Crippen LogP contribution >= 0.6 is 11.6 Å². The summed E-state index contributed by atoms with van der Waals surface area (Å²) < 4.78 is 5.87. The Hall–Kier alpha value is -1.36. The zero-order valence-corrected chi connectivity index (χ0v) is 11.2. The van der Waals surface area contributed by atoms with Gasteiger partial charge >= 0.3 is 0 Å². The fourth-order valence-electron chi connectivity index (χ4n) is 2.31.